The number of likely N-dealkylation sites (tertiary alicyclic amines) is 1. The second-order valence-corrected chi connectivity index (χ2v) is 7.94. The highest BCUT2D eigenvalue weighted by Crippen LogP contribution is 2.17. The van der Waals surface area contributed by atoms with Gasteiger partial charge in [0.15, 0.2) is 5.96 Å². The zero-order chi connectivity index (χ0) is 21.0. The molecule has 0 bridgehead atoms. The van der Waals surface area contributed by atoms with E-state index in [-0.39, 0.29) is 0 Å². The monoisotopic (exact) mass is 409 g/mol. The molecule has 0 radical (unpaired) electrons. The first-order valence-corrected chi connectivity index (χ1v) is 11.0. The highest BCUT2D eigenvalue weighted by molar-refractivity contribution is 5.80. The summed E-state index contributed by atoms with van der Waals surface area (Å²) in [5.74, 6) is 2.51. The van der Waals surface area contributed by atoms with Gasteiger partial charge in [-0.1, -0.05) is 48.0 Å². The first-order chi connectivity index (χ1) is 14.7. The molecule has 0 amide bonds. The Labute approximate surface area is 181 Å². The SMILES string of the molecule is CN=C(NCCCCOc1ccc(C)cc1)N1CCC(COCc2ccccc2)C1. The Hall–Kier alpha value is -2.53. The van der Waals surface area contributed by atoms with E-state index in [0.29, 0.717) is 12.5 Å². The van der Waals surface area contributed by atoms with E-state index in [4.69, 9.17) is 9.47 Å². The van der Waals surface area contributed by atoms with Crippen molar-refractivity contribution in [3.63, 3.8) is 0 Å². The minimum absolute atomic E-state index is 0.565. The summed E-state index contributed by atoms with van der Waals surface area (Å²) in [6.45, 7) is 7.28. The maximum Gasteiger partial charge on any atom is 0.193 e. The predicted octanol–water partition coefficient (Wildman–Crippen LogP) is 4.27. The number of nitrogens with zero attached hydrogens (tertiary/aromatic N) is 2. The molecule has 5 heteroatoms. The second-order valence-electron chi connectivity index (χ2n) is 7.94. The van der Waals surface area contributed by atoms with Crippen LogP contribution < -0.4 is 10.1 Å². The van der Waals surface area contributed by atoms with E-state index in [1.54, 1.807) is 0 Å². The molecule has 0 saturated carbocycles. The van der Waals surface area contributed by atoms with Gasteiger partial charge < -0.3 is 19.7 Å². The fraction of sp³-hybridized carbons (Fsp3) is 0.480. The molecule has 1 aliphatic heterocycles. The number of hydrogen-bond donors (Lipinski definition) is 1. The summed E-state index contributed by atoms with van der Waals surface area (Å²) >= 11 is 0. The van der Waals surface area contributed by atoms with E-state index >= 15 is 0 Å². The van der Waals surface area contributed by atoms with Crippen molar-refractivity contribution in [3.8, 4) is 5.75 Å². The minimum Gasteiger partial charge on any atom is -0.494 e. The molecule has 1 aliphatic rings. The van der Waals surface area contributed by atoms with Crippen molar-refractivity contribution in [2.45, 2.75) is 32.8 Å². The Kier molecular flexibility index (Phi) is 9.04. The number of aliphatic imine (C=N–C) groups is 1. The van der Waals surface area contributed by atoms with E-state index in [1.807, 2.05) is 25.2 Å². The first-order valence-electron chi connectivity index (χ1n) is 11.0. The molecule has 0 aliphatic carbocycles. The lowest BCUT2D eigenvalue weighted by Crippen LogP contribution is -2.40. The van der Waals surface area contributed by atoms with Crippen LogP contribution in [0.3, 0.4) is 0 Å². The summed E-state index contributed by atoms with van der Waals surface area (Å²) < 4.78 is 11.7. The molecule has 2 aromatic carbocycles. The lowest BCUT2D eigenvalue weighted by atomic mass is 10.1. The zero-order valence-electron chi connectivity index (χ0n) is 18.3. The largest absolute Gasteiger partial charge is 0.494 e. The van der Waals surface area contributed by atoms with Crippen LogP contribution in [0.15, 0.2) is 59.6 Å². The lowest BCUT2D eigenvalue weighted by molar-refractivity contribution is 0.0907. The van der Waals surface area contributed by atoms with Gasteiger partial charge in [-0.2, -0.15) is 0 Å². The van der Waals surface area contributed by atoms with Crippen molar-refractivity contribution in [1.29, 1.82) is 0 Å². The third kappa shape index (κ3) is 7.38. The summed E-state index contributed by atoms with van der Waals surface area (Å²) in [4.78, 5) is 6.81. The number of unbranched alkanes of at least 4 members (excludes halogenated alkanes) is 1. The fourth-order valence-electron chi connectivity index (χ4n) is 3.66. The van der Waals surface area contributed by atoms with Gasteiger partial charge in [0.25, 0.3) is 0 Å². The third-order valence-electron chi connectivity index (χ3n) is 5.41. The van der Waals surface area contributed by atoms with E-state index in [0.717, 1.165) is 63.8 Å². The minimum atomic E-state index is 0.565. The Bertz CT molecular complexity index is 762. The molecular formula is C25H35N3O2. The van der Waals surface area contributed by atoms with Crippen LogP contribution in [-0.2, 0) is 11.3 Å². The number of rotatable bonds is 10. The molecule has 1 N–H and O–H groups in total. The number of hydrogen-bond acceptors (Lipinski definition) is 3. The highest BCUT2D eigenvalue weighted by Gasteiger charge is 2.24. The van der Waals surface area contributed by atoms with Crippen LogP contribution in [0.25, 0.3) is 0 Å². The van der Waals surface area contributed by atoms with Crippen LogP contribution in [0.5, 0.6) is 5.75 Å². The Morgan fingerprint density at radius 3 is 2.67 bits per heavy atom. The van der Waals surface area contributed by atoms with Crippen molar-refractivity contribution in [2.24, 2.45) is 10.9 Å². The molecule has 1 unspecified atom stereocenters. The van der Waals surface area contributed by atoms with Gasteiger partial charge in [0, 0.05) is 32.6 Å². The Morgan fingerprint density at radius 2 is 1.90 bits per heavy atom. The standard InChI is InChI=1S/C25H35N3O2/c1-21-10-12-24(13-11-21)30-17-7-6-15-27-25(26-2)28-16-14-23(18-28)20-29-19-22-8-4-3-5-9-22/h3-5,8-13,23H,6-7,14-20H2,1-2H3,(H,26,27). The fourth-order valence-corrected chi connectivity index (χ4v) is 3.66. The van der Waals surface area contributed by atoms with Gasteiger partial charge in [0.05, 0.1) is 19.8 Å². The van der Waals surface area contributed by atoms with E-state index in [9.17, 15) is 0 Å². The van der Waals surface area contributed by atoms with Crippen molar-refractivity contribution < 1.29 is 9.47 Å². The summed E-state index contributed by atoms with van der Waals surface area (Å²) in [7, 11) is 1.86. The molecular weight excluding hydrogens is 374 g/mol. The van der Waals surface area contributed by atoms with Gasteiger partial charge in [-0.05, 0) is 43.9 Å². The maximum atomic E-state index is 5.93. The molecule has 1 fully saturated rings. The predicted molar refractivity (Wildman–Crippen MR) is 123 cm³/mol. The Balaban J connectivity index is 1.27. The summed E-state index contributed by atoms with van der Waals surface area (Å²) in [6.07, 6.45) is 3.23. The first kappa shape index (κ1) is 22.2. The molecule has 1 atom stereocenters. The zero-order valence-corrected chi connectivity index (χ0v) is 18.3. The number of ether oxygens (including phenoxy) is 2. The number of nitrogens with one attached hydrogen (secondary N) is 1. The smallest absolute Gasteiger partial charge is 0.193 e. The van der Waals surface area contributed by atoms with Crippen molar-refractivity contribution in [1.82, 2.24) is 10.2 Å². The highest BCUT2D eigenvalue weighted by atomic mass is 16.5. The quantitative estimate of drug-likeness (QED) is 0.362. The molecule has 1 heterocycles. The van der Waals surface area contributed by atoms with Crippen LogP contribution in [0.4, 0.5) is 0 Å². The average Bonchev–Trinajstić information content (AvgIpc) is 3.24. The van der Waals surface area contributed by atoms with E-state index in [2.05, 4.69) is 58.5 Å². The van der Waals surface area contributed by atoms with Crippen LogP contribution >= 0.6 is 0 Å². The topological polar surface area (TPSA) is 46.1 Å². The number of aryl methyl sites for hydroxylation is 1. The van der Waals surface area contributed by atoms with E-state index in [1.165, 1.54) is 11.1 Å². The average molecular weight is 410 g/mol. The van der Waals surface area contributed by atoms with Gasteiger partial charge in [-0.3, -0.25) is 4.99 Å². The number of benzene rings is 2. The second kappa shape index (κ2) is 12.2. The van der Waals surface area contributed by atoms with Crippen LogP contribution in [0.2, 0.25) is 0 Å². The van der Waals surface area contributed by atoms with Crippen molar-refractivity contribution in [2.75, 3.05) is 39.9 Å². The van der Waals surface area contributed by atoms with Crippen LogP contribution in [-0.4, -0.2) is 50.8 Å². The number of guanidine groups is 1. The van der Waals surface area contributed by atoms with Crippen LogP contribution in [0, 0.1) is 12.8 Å². The molecule has 5 nitrogen and oxygen atoms in total. The summed E-state index contributed by atoms with van der Waals surface area (Å²) in [6, 6.07) is 18.6. The van der Waals surface area contributed by atoms with Gasteiger partial charge in [-0.25, -0.2) is 0 Å². The van der Waals surface area contributed by atoms with Gasteiger partial charge in [0.1, 0.15) is 5.75 Å². The summed E-state index contributed by atoms with van der Waals surface area (Å²) in [5, 5.41) is 3.50. The molecule has 30 heavy (non-hydrogen) atoms. The van der Waals surface area contributed by atoms with Crippen LogP contribution in [0.1, 0.15) is 30.4 Å². The normalized spacial score (nSPS) is 16.7. The van der Waals surface area contributed by atoms with Crippen molar-refractivity contribution >= 4 is 5.96 Å². The van der Waals surface area contributed by atoms with Gasteiger partial charge in [0.2, 0.25) is 0 Å². The maximum absolute atomic E-state index is 5.93. The molecule has 3 rings (SSSR count). The molecule has 162 valence electrons. The van der Waals surface area contributed by atoms with Gasteiger partial charge in [-0.15, -0.1) is 0 Å². The third-order valence-corrected chi connectivity index (χ3v) is 5.41. The molecule has 1 saturated heterocycles. The lowest BCUT2D eigenvalue weighted by Gasteiger charge is -2.21. The molecule has 2 aromatic rings. The van der Waals surface area contributed by atoms with Gasteiger partial charge >= 0.3 is 0 Å². The summed E-state index contributed by atoms with van der Waals surface area (Å²) in [5.41, 5.74) is 2.49. The molecule has 0 spiro atoms. The Morgan fingerprint density at radius 1 is 1.10 bits per heavy atom. The van der Waals surface area contributed by atoms with E-state index < -0.39 is 0 Å². The molecule has 0 aromatic heterocycles. The van der Waals surface area contributed by atoms with Crippen molar-refractivity contribution in [3.05, 3.63) is 65.7 Å².